The molecule has 132 valence electrons. The Morgan fingerprint density at radius 1 is 1.40 bits per heavy atom. The lowest BCUT2D eigenvalue weighted by Gasteiger charge is -2.23. The highest BCUT2D eigenvalue weighted by Crippen LogP contribution is 2.24. The van der Waals surface area contributed by atoms with Crippen molar-refractivity contribution in [3.05, 3.63) is 35.5 Å². The van der Waals surface area contributed by atoms with Crippen LogP contribution in [0.5, 0.6) is 0 Å². The normalized spacial score (nSPS) is 12.3. The van der Waals surface area contributed by atoms with Crippen LogP contribution < -0.4 is 16.6 Å². The van der Waals surface area contributed by atoms with E-state index in [-0.39, 0.29) is 6.42 Å². The number of aromatic nitrogens is 1. The monoisotopic (exact) mass is 343 g/mol. The van der Waals surface area contributed by atoms with Crippen molar-refractivity contribution in [1.82, 2.24) is 15.7 Å². The zero-order chi connectivity index (χ0) is 18.6. The van der Waals surface area contributed by atoms with E-state index >= 15 is 0 Å². The molecule has 2 rings (SSSR count). The average molecular weight is 343 g/mol. The Balaban J connectivity index is 2.28. The van der Waals surface area contributed by atoms with Crippen LogP contribution >= 0.6 is 0 Å². The van der Waals surface area contributed by atoms with Gasteiger partial charge in [-0.2, -0.15) is 5.26 Å². The van der Waals surface area contributed by atoms with E-state index in [1.165, 1.54) is 0 Å². The second kappa shape index (κ2) is 7.23. The van der Waals surface area contributed by atoms with Crippen LogP contribution in [0.25, 0.3) is 10.9 Å². The van der Waals surface area contributed by atoms with Crippen molar-refractivity contribution in [3.8, 4) is 6.07 Å². The molecule has 0 saturated heterocycles. The SMILES string of the molecule is CC(C)(C)NC(=O)OC(Cc1c[nH]c2cccc(C#N)c12)C(=O)NN. The summed E-state index contributed by atoms with van der Waals surface area (Å²) in [6.07, 6.45) is -0.0772. The van der Waals surface area contributed by atoms with Crippen molar-refractivity contribution < 1.29 is 14.3 Å². The second-order valence-corrected chi connectivity index (χ2v) is 6.64. The fourth-order valence-corrected chi connectivity index (χ4v) is 2.46. The Hall–Kier alpha value is -3.05. The fourth-order valence-electron chi connectivity index (χ4n) is 2.46. The van der Waals surface area contributed by atoms with Crippen molar-refractivity contribution in [2.75, 3.05) is 0 Å². The number of carbonyl (C=O) groups is 2. The molecule has 0 bridgehead atoms. The molecular weight excluding hydrogens is 322 g/mol. The molecule has 0 aliphatic rings. The van der Waals surface area contributed by atoms with Crippen LogP contribution in [0, 0.1) is 11.3 Å². The molecule has 0 radical (unpaired) electrons. The third-order valence-electron chi connectivity index (χ3n) is 3.47. The van der Waals surface area contributed by atoms with Crippen LogP contribution in [0.1, 0.15) is 31.9 Å². The summed E-state index contributed by atoms with van der Waals surface area (Å²) in [5.74, 6) is 4.57. The highest BCUT2D eigenvalue weighted by atomic mass is 16.6. The quantitative estimate of drug-likeness (QED) is 0.379. The minimum atomic E-state index is -1.13. The van der Waals surface area contributed by atoms with E-state index in [9.17, 15) is 14.9 Å². The first-order chi connectivity index (χ1) is 11.7. The van der Waals surface area contributed by atoms with Crippen molar-refractivity contribution in [2.45, 2.75) is 38.8 Å². The molecule has 0 aliphatic heterocycles. The van der Waals surface area contributed by atoms with Crippen molar-refractivity contribution in [2.24, 2.45) is 5.84 Å². The summed E-state index contributed by atoms with van der Waals surface area (Å²) in [4.78, 5) is 27.1. The molecule has 0 aliphatic carbocycles. The summed E-state index contributed by atoms with van der Waals surface area (Å²) < 4.78 is 5.24. The molecule has 8 heteroatoms. The average Bonchev–Trinajstić information content (AvgIpc) is 2.94. The molecule has 1 atom stereocenters. The van der Waals surface area contributed by atoms with E-state index < -0.39 is 23.6 Å². The molecule has 0 spiro atoms. The number of alkyl carbamates (subject to hydrolysis) is 1. The number of hydrogen-bond donors (Lipinski definition) is 4. The van der Waals surface area contributed by atoms with E-state index in [1.54, 1.807) is 39.1 Å². The maximum Gasteiger partial charge on any atom is 0.408 e. The van der Waals surface area contributed by atoms with Crippen molar-refractivity contribution in [1.29, 1.82) is 5.26 Å². The number of carbonyl (C=O) groups excluding carboxylic acids is 2. The number of nitriles is 1. The van der Waals surface area contributed by atoms with Gasteiger partial charge in [0.15, 0.2) is 6.10 Å². The lowest BCUT2D eigenvalue weighted by Crippen LogP contribution is -2.47. The van der Waals surface area contributed by atoms with Crippen LogP contribution in [-0.2, 0) is 16.0 Å². The first kappa shape index (κ1) is 18.3. The zero-order valence-corrected chi connectivity index (χ0v) is 14.3. The van der Waals surface area contributed by atoms with Gasteiger partial charge in [0.1, 0.15) is 0 Å². The largest absolute Gasteiger partial charge is 0.436 e. The van der Waals surface area contributed by atoms with E-state index in [1.807, 2.05) is 11.5 Å². The lowest BCUT2D eigenvalue weighted by molar-refractivity contribution is -0.129. The summed E-state index contributed by atoms with van der Waals surface area (Å²) in [5.41, 5.74) is 3.42. The predicted molar refractivity (Wildman–Crippen MR) is 92.2 cm³/mol. The third-order valence-corrected chi connectivity index (χ3v) is 3.47. The fraction of sp³-hybridized carbons (Fsp3) is 0.353. The Morgan fingerprint density at radius 3 is 2.72 bits per heavy atom. The minimum Gasteiger partial charge on any atom is -0.436 e. The summed E-state index contributed by atoms with van der Waals surface area (Å²) in [7, 11) is 0. The summed E-state index contributed by atoms with van der Waals surface area (Å²) >= 11 is 0. The van der Waals surface area contributed by atoms with Gasteiger partial charge < -0.3 is 15.0 Å². The molecule has 5 N–H and O–H groups in total. The number of nitrogens with one attached hydrogen (secondary N) is 3. The van der Waals surface area contributed by atoms with Gasteiger partial charge in [-0.25, -0.2) is 10.6 Å². The first-order valence-electron chi connectivity index (χ1n) is 7.73. The third kappa shape index (κ3) is 4.49. The number of amides is 2. The zero-order valence-electron chi connectivity index (χ0n) is 14.3. The predicted octanol–water partition coefficient (Wildman–Crippen LogP) is 1.47. The highest BCUT2D eigenvalue weighted by Gasteiger charge is 2.26. The molecule has 25 heavy (non-hydrogen) atoms. The van der Waals surface area contributed by atoms with Gasteiger partial charge in [0.25, 0.3) is 5.91 Å². The van der Waals surface area contributed by atoms with Gasteiger partial charge >= 0.3 is 6.09 Å². The van der Waals surface area contributed by atoms with Gasteiger partial charge in [0, 0.05) is 29.1 Å². The Labute approximate surface area is 145 Å². The molecule has 0 saturated carbocycles. The van der Waals surface area contributed by atoms with Crippen LogP contribution in [-0.4, -0.2) is 28.6 Å². The maximum atomic E-state index is 12.0. The van der Waals surface area contributed by atoms with Gasteiger partial charge in [-0.1, -0.05) is 6.07 Å². The number of ether oxygens (including phenoxy) is 1. The van der Waals surface area contributed by atoms with E-state index in [0.717, 1.165) is 5.52 Å². The summed E-state index contributed by atoms with van der Waals surface area (Å²) in [6.45, 7) is 5.39. The summed E-state index contributed by atoms with van der Waals surface area (Å²) in [5, 5.41) is 12.6. The number of hydrogen-bond acceptors (Lipinski definition) is 5. The van der Waals surface area contributed by atoms with Crippen LogP contribution in [0.3, 0.4) is 0 Å². The molecule has 2 amide bonds. The van der Waals surface area contributed by atoms with Crippen LogP contribution in [0.4, 0.5) is 4.79 Å². The molecule has 0 fully saturated rings. The van der Waals surface area contributed by atoms with Crippen LogP contribution in [0.2, 0.25) is 0 Å². The Kier molecular flexibility index (Phi) is 5.29. The smallest absolute Gasteiger partial charge is 0.408 e. The topological polar surface area (TPSA) is 133 Å². The van der Waals surface area contributed by atoms with E-state index in [0.29, 0.717) is 16.5 Å². The molecular formula is C17H21N5O3. The molecule has 2 aromatic rings. The Bertz CT molecular complexity index is 829. The van der Waals surface area contributed by atoms with Gasteiger partial charge in [0.2, 0.25) is 0 Å². The molecule has 1 aromatic heterocycles. The summed E-state index contributed by atoms with van der Waals surface area (Å²) in [6, 6.07) is 7.39. The molecule has 8 nitrogen and oxygen atoms in total. The van der Waals surface area contributed by atoms with Crippen LogP contribution in [0.15, 0.2) is 24.4 Å². The number of nitrogens with two attached hydrogens (primary N) is 1. The van der Waals surface area contributed by atoms with Crippen molar-refractivity contribution >= 4 is 22.9 Å². The highest BCUT2D eigenvalue weighted by molar-refractivity contribution is 5.90. The second-order valence-electron chi connectivity index (χ2n) is 6.64. The number of nitrogens with zero attached hydrogens (tertiary/aromatic N) is 1. The minimum absolute atomic E-state index is 0.0826. The number of hydrazine groups is 1. The standard InChI is InChI=1S/C17H21N5O3/c1-17(2,3)21-16(24)25-13(15(23)22-19)7-11-9-20-12-6-4-5-10(8-18)14(11)12/h4-6,9,13,20H,7,19H2,1-3H3,(H,21,24)(H,22,23). The van der Waals surface area contributed by atoms with E-state index in [4.69, 9.17) is 10.6 Å². The number of rotatable bonds is 4. The van der Waals surface area contributed by atoms with E-state index in [2.05, 4.69) is 16.4 Å². The molecule has 1 aromatic carbocycles. The number of benzene rings is 1. The van der Waals surface area contributed by atoms with Gasteiger partial charge in [-0.15, -0.1) is 0 Å². The maximum absolute atomic E-state index is 12.0. The Morgan fingerprint density at radius 2 is 2.12 bits per heavy atom. The molecule has 1 unspecified atom stereocenters. The van der Waals surface area contributed by atoms with Crippen molar-refractivity contribution in [3.63, 3.8) is 0 Å². The molecule has 1 heterocycles. The van der Waals surface area contributed by atoms with Gasteiger partial charge in [0.05, 0.1) is 11.6 Å². The van der Waals surface area contributed by atoms with Gasteiger partial charge in [-0.05, 0) is 38.5 Å². The van der Waals surface area contributed by atoms with Gasteiger partial charge in [-0.3, -0.25) is 10.2 Å². The lowest BCUT2D eigenvalue weighted by atomic mass is 10.0. The number of aromatic amines is 1. The number of fused-ring (bicyclic) bond motifs is 1. The first-order valence-corrected chi connectivity index (χ1v) is 7.73. The number of H-pyrrole nitrogens is 1.